The van der Waals surface area contributed by atoms with Gasteiger partial charge in [0.1, 0.15) is 0 Å². The quantitative estimate of drug-likeness (QED) is 0.549. The van der Waals surface area contributed by atoms with Crippen molar-refractivity contribution in [2.75, 3.05) is 0 Å². The Morgan fingerprint density at radius 3 is 3.00 bits per heavy atom. The summed E-state index contributed by atoms with van der Waals surface area (Å²) in [4.78, 5) is 22.4. The third-order valence-electron chi connectivity index (χ3n) is 1.42. The van der Waals surface area contributed by atoms with Crippen LogP contribution in [0.4, 0.5) is 0 Å². The molecule has 4 heteroatoms. The van der Waals surface area contributed by atoms with Gasteiger partial charge in [-0.1, -0.05) is 23.5 Å². The molecule has 2 heterocycles. The molecule has 52 valence electrons. The van der Waals surface area contributed by atoms with Crippen molar-refractivity contribution >= 4 is 33.8 Å². The molecule has 10 heavy (non-hydrogen) atoms. The third kappa shape index (κ3) is 0.914. The van der Waals surface area contributed by atoms with Crippen LogP contribution in [0.2, 0.25) is 0 Å². The van der Waals surface area contributed by atoms with Crippen molar-refractivity contribution in [1.29, 1.82) is 0 Å². The Labute approximate surface area is 66.4 Å². The number of thioether (sulfide) groups is 2. The molecule has 0 N–H and O–H groups in total. The van der Waals surface area contributed by atoms with Crippen molar-refractivity contribution in [1.82, 2.24) is 0 Å². The standard InChI is InChI=1S/C6H4O2S2/c7-5-1-3-4(10-5)2-6(8)9-3/h1,4H,2H2. The van der Waals surface area contributed by atoms with Gasteiger partial charge in [0, 0.05) is 17.4 Å². The molecule has 2 nitrogen and oxygen atoms in total. The fourth-order valence-electron chi connectivity index (χ4n) is 1.00. The first kappa shape index (κ1) is 6.49. The van der Waals surface area contributed by atoms with Gasteiger partial charge in [0.15, 0.2) is 5.12 Å². The van der Waals surface area contributed by atoms with Crippen LogP contribution in [0.25, 0.3) is 0 Å². The second-order valence-corrected chi connectivity index (χ2v) is 4.49. The fourth-order valence-corrected chi connectivity index (χ4v) is 3.26. The minimum atomic E-state index is 0.0972. The summed E-state index contributed by atoms with van der Waals surface area (Å²) in [6.45, 7) is 0. The molecule has 0 aromatic carbocycles. The normalized spacial score (nSPS) is 30.8. The minimum Gasteiger partial charge on any atom is -0.287 e. The highest BCUT2D eigenvalue weighted by atomic mass is 32.2. The Morgan fingerprint density at radius 1 is 1.50 bits per heavy atom. The predicted molar refractivity (Wildman–Crippen MR) is 41.7 cm³/mol. The Kier molecular flexibility index (Phi) is 1.38. The zero-order valence-corrected chi connectivity index (χ0v) is 6.63. The second-order valence-electron chi connectivity index (χ2n) is 2.15. The molecular weight excluding hydrogens is 168 g/mol. The summed E-state index contributed by atoms with van der Waals surface area (Å²) in [7, 11) is 0. The molecule has 1 fully saturated rings. The number of carbonyl (C=O) groups is 2. The first-order valence-electron chi connectivity index (χ1n) is 2.88. The average Bonchev–Trinajstić information content (AvgIpc) is 2.21. The van der Waals surface area contributed by atoms with Crippen molar-refractivity contribution in [3.63, 3.8) is 0 Å². The molecule has 0 aromatic heterocycles. The maximum atomic E-state index is 10.8. The van der Waals surface area contributed by atoms with Gasteiger partial charge in [-0.25, -0.2) is 0 Å². The molecule has 0 aliphatic carbocycles. The first-order valence-corrected chi connectivity index (χ1v) is 4.58. The molecule has 0 aromatic rings. The van der Waals surface area contributed by atoms with E-state index < -0.39 is 0 Å². The Bertz CT molecular complexity index is 244. The largest absolute Gasteiger partial charge is 0.287 e. The number of hydrogen-bond acceptors (Lipinski definition) is 4. The van der Waals surface area contributed by atoms with Crippen LogP contribution in [0.5, 0.6) is 0 Å². The molecule has 0 saturated carbocycles. The van der Waals surface area contributed by atoms with Gasteiger partial charge in [-0.05, 0) is 0 Å². The van der Waals surface area contributed by atoms with E-state index in [9.17, 15) is 9.59 Å². The molecule has 1 saturated heterocycles. The Morgan fingerprint density at radius 2 is 2.30 bits per heavy atom. The SMILES string of the molecule is O=C1C=C2SC(=O)CC2S1. The van der Waals surface area contributed by atoms with Gasteiger partial charge in [-0.15, -0.1) is 0 Å². The van der Waals surface area contributed by atoms with Crippen LogP contribution in [0.15, 0.2) is 11.0 Å². The van der Waals surface area contributed by atoms with Gasteiger partial charge >= 0.3 is 0 Å². The maximum Gasteiger partial charge on any atom is 0.213 e. The van der Waals surface area contributed by atoms with Crippen LogP contribution in [0.1, 0.15) is 6.42 Å². The van der Waals surface area contributed by atoms with E-state index in [1.54, 1.807) is 6.08 Å². The van der Waals surface area contributed by atoms with Crippen LogP contribution in [-0.4, -0.2) is 15.5 Å². The van der Waals surface area contributed by atoms with Crippen molar-refractivity contribution in [3.8, 4) is 0 Å². The maximum absolute atomic E-state index is 10.8. The molecule has 0 amide bonds. The van der Waals surface area contributed by atoms with Gasteiger partial charge in [0.2, 0.25) is 5.12 Å². The van der Waals surface area contributed by atoms with Crippen molar-refractivity contribution < 1.29 is 9.59 Å². The topological polar surface area (TPSA) is 34.1 Å². The summed E-state index contributed by atoms with van der Waals surface area (Å²) in [6.07, 6.45) is 2.11. The van der Waals surface area contributed by atoms with E-state index >= 15 is 0 Å². The summed E-state index contributed by atoms with van der Waals surface area (Å²) in [5.41, 5.74) is 0. The molecule has 1 atom stereocenters. The summed E-state index contributed by atoms with van der Waals surface area (Å²) in [6, 6.07) is 0. The fraction of sp³-hybridized carbons (Fsp3) is 0.333. The highest BCUT2D eigenvalue weighted by molar-refractivity contribution is 8.22. The number of rotatable bonds is 0. The number of hydrogen-bond donors (Lipinski definition) is 0. The van der Waals surface area contributed by atoms with Crippen LogP contribution in [0.3, 0.4) is 0 Å². The lowest BCUT2D eigenvalue weighted by molar-refractivity contribution is -0.110. The van der Waals surface area contributed by atoms with Gasteiger partial charge in [-0.3, -0.25) is 9.59 Å². The summed E-state index contributed by atoms with van der Waals surface area (Å²) < 4.78 is 0. The molecule has 0 spiro atoms. The van der Waals surface area contributed by atoms with E-state index in [-0.39, 0.29) is 15.5 Å². The van der Waals surface area contributed by atoms with E-state index in [0.29, 0.717) is 6.42 Å². The molecule has 0 bridgehead atoms. The molecule has 0 radical (unpaired) electrons. The lowest BCUT2D eigenvalue weighted by Gasteiger charge is -1.94. The predicted octanol–water partition coefficient (Wildman–Crippen LogP) is 1.18. The van der Waals surface area contributed by atoms with Crippen molar-refractivity contribution in [3.05, 3.63) is 11.0 Å². The Hall–Kier alpha value is -0.220. The zero-order chi connectivity index (χ0) is 7.14. The first-order chi connectivity index (χ1) is 4.75. The number of carbonyl (C=O) groups excluding carboxylic acids is 2. The van der Waals surface area contributed by atoms with Gasteiger partial charge in [0.25, 0.3) is 0 Å². The summed E-state index contributed by atoms with van der Waals surface area (Å²) in [5, 5.41) is 0.459. The highest BCUT2D eigenvalue weighted by Crippen LogP contribution is 2.44. The second kappa shape index (κ2) is 2.13. The van der Waals surface area contributed by atoms with Crippen LogP contribution < -0.4 is 0 Å². The third-order valence-corrected chi connectivity index (χ3v) is 3.66. The summed E-state index contributed by atoms with van der Waals surface area (Å²) in [5.74, 6) is 0. The van der Waals surface area contributed by atoms with E-state index in [0.717, 1.165) is 4.91 Å². The van der Waals surface area contributed by atoms with Gasteiger partial charge in [-0.2, -0.15) is 0 Å². The van der Waals surface area contributed by atoms with Gasteiger partial charge in [0.05, 0.1) is 5.25 Å². The average molecular weight is 172 g/mol. The van der Waals surface area contributed by atoms with Crippen LogP contribution >= 0.6 is 23.5 Å². The van der Waals surface area contributed by atoms with E-state index in [4.69, 9.17) is 0 Å². The smallest absolute Gasteiger partial charge is 0.213 e. The van der Waals surface area contributed by atoms with Gasteiger partial charge < -0.3 is 0 Å². The van der Waals surface area contributed by atoms with Crippen molar-refractivity contribution in [2.45, 2.75) is 11.7 Å². The zero-order valence-electron chi connectivity index (χ0n) is 4.99. The molecule has 2 aliphatic rings. The summed E-state index contributed by atoms with van der Waals surface area (Å²) >= 11 is 2.49. The van der Waals surface area contributed by atoms with Crippen LogP contribution in [0, 0.1) is 0 Å². The Balaban J connectivity index is 2.29. The lowest BCUT2D eigenvalue weighted by atomic mass is 10.3. The van der Waals surface area contributed by atoms with E-state index in [1.807, 2.05) is 0 Å². The molecule has 2 aliphatic heterocycles. The highest BCUT2D eigenvalue weighted by Gasteiger charge is 2.35. The molecular formula is C6H4O2S2. The van der Waals surface area contributed by atoms with Crippen molar-refractivity contribution in [2.24, 2.45) is 0 Å². The number of fused-ring (bicyclic) bond motifs is 1. The van der Waals surface area contributed by atoms with E-state index in [1.165, 1.54) is 23.5 Å². The lowest BCUT2D eigenvalue weighted by Crippen LogP contribution is -1.95. The van der Waals surface area contributed by atoms with E-state index in [2.05, 4.69) is 0 Å². The molecule has 1 unspecified atom stereocenters. The van der Waals surface area contributed by atoms with Crippen LogP contribution in [-0.2, 0) is 9.59 Å². The molecule has 2 rings (SSSR count). The minimum absolute atomic E-state index is 0.0972. The monoisotopic (exact) mass is 172 g/mol.